The van der Waals surface area contributed by atoms with E-state index in [1.807, 2.05) is 49.9 Å². The second-order valence-corrected chi connectivity index (χ2v) is 9.96. The molecule has 0 spiro atoms. The highest BCUT2D eigenvalue weighted by atomic mass is 16.5. The monoisotopic (exact) mass is 429 g/mol. The van der Waals surface area contributed by atoms with Crippen molar-refractivity contribution < 1.29 is 14.3 Å². The first-order valence-corrected chi connectivity index (χ1v) is 11.7. The summed E-state index contributed by atoms with van der Waals surface area (Å²) < 4.78 is 5.21. The van der Waals surface area contributed by atoms with Gasteiger partial charge in [-0.15, -0.1) is 0 Å². The van der Waals surface area contributed by atoms with Crippen molar-refractivity contribution in [1.82, 2.24) is 15.1 Å². The van der Waals surface area contributed by atoms with Crippen LogP contribution in [0.15, 0.2) is 24.3 Å². The maximum atomic E-state index is 13.2. The van der Waals surface area contributed by atoms with Gasteiger partial charge >= 0.3 is 0 Å². The lowest BCUT2D eigenvalue weighted by molar-refractivity contribution is -0.142. The fourth-order valence-electron chi connectivity index (χ4n) is 4.86. The summed E-state index contributed by atoms with van der Waals surface area (Å²) in [7, 11) is 1.66. The molecule has 6 nitrogen and oxygen atoms in total. The third-order valence-corrected chi connectivity index (χ3v) is 6.62. The minimum atomic E-state index is -0.355. The molecule has 1 aliphatic carbocycles. The number of carbonyl (C=O) groups excluding carboxylic acids is 2. The Labute approximate surface area is 187 Å². The molecule has 1 atom stereocenters. The van der Waals surface area contributed by atoms with Gasteiger partial charge in [-0.05, 0) is 42.9 Å². The smallest absolute Gasteiger partial charge is 0.237 e. The van der Waals surface area contributed by atoms with Crippen LogP contribution in [0.2, 0.25) is 0 Å². The molecule has 3 rings (SSSR count). The third kappa shape index (κ3) is 6.22. The quantitative estimate of drug-likeness (QED) is 0.724. The van der Waals surface area contributed by atoms with E-state index in [0.717, 1.165) is 38.1 Å². The molecule has 2 amide bonds. The molecule has 172 valence electrons. The Morgan fingerprint density at radius 3 is 2.23 bits per heavy atom. The van der Waals surface area contributed by atoms with Crippen LogP contribution in [0.5, 0.6) is 5.75 Å². The van der Waals surface area contributed by atoms with Crippen molar-refractivity contribution in [3.8, 4) is 5.75 Å². The number of piperazine rings is 1. The van der Waals surface area contributed by atoms with Gasteiger partial charge in [0.25, 0.3) is 0 Å². The number of hydrogen-bond donors (Lipinski definition) is 1. The molecule has 1 saturated heterocycles. The highest BCUT2D eigenvalue weighted by Gasteiger charge is 2.38. The summed E-state index contributed by atoms with van der Waals surface area (Å²) in [6.45, 7) is 9.51. The van der Waals surface area contributed by atoms with E-state index in [9.17, 15) is 9.59 Å². The average molecular weight is 430 g/mol. The number of carbonyl (C=O) groups is 2. The average Bonchev–Trinajstić information content (AvgIpc) is 3.28. The number of hydrogen-bond acceptors (Lipinski definition) is 4. The van der Waals surface area contributed by atoms with Crippen LogP contribution in [-0.4, -0.2) is 67.5 Å². The first-order valence-electron chi connectivity index (χ1n) is 11.7. The van der Waals surface area contributed by atoms with Crippen molar-refractivity contribution >= 4 is 11.8 Å². The Bertz CT molecular complexity index is 727. The fraction of sp³-hybridized carbons (Fsp3) is 0.680. The summed E-state index contributed by atoms with van der Waals surface area (Å²) in [5.41, 5.74) is 0.832. The Kier molecular flexibility index (Phi) is 7.98. The molecule has 0 radical (unpaired) electrons. The first-order chi connectivity index (χ1) is 14.8. The molecule has 1 unspecified atom stereocenters. The van der Waals surface area contributed by atoms with E-state index in [2.05, 4.69) is 10.2 Å². The number of methoxy groups -OCH3 is 1. The SMILES string of the molecule is COc1ccc(CCNC(=O)C(C2CCCC2)N2CCN(C(=O)C(C)(C)C)CC2)cc1. The van der Waals surface area contributed by atoms with Crippen LogP contribution >= 0.6 is 0 Å². The zero-order valence-corrected chi connectivity index (χ0v) is 19.7. The summed E-state index contributed by atoms with van der Waals surface area (Å²) in [4.78, 5) is 30.2. The summed E-state index contributed by atoms with van der Waals surface area (Å²) in [6, 6.07) is 7.92. The normalized spacial score (nSPS) is 19.3. The van der Waals surface area contributed by atoms with Gasteiger partial charge in [0.15, 0.2) is 0 Å². The Morgan fingerprint density at radius 2 is 1.68 bits per heavy atom. The van der Waals surface area contributed by atoms with Crippen LogP contribution < -0.4 is 10.1 Å². The van der Waals surface area contributed by atoms with Gasteiger partial charge in [0.2, 0.25) is 11.8 Å². The zero-order valence-electron chi connectivity index (χ0n) is 19.7. The Hall–Kier alpha value is -2.08. The van der Waals surface area contributed by atoms with E-state index in [0.29, 0.717) is 25.6 Å². The molecule has 1 aromatic rings. The standard InChI is InChI=1S/C25H39N3O3/c1-25(2,3)24(30)28-17-15-27(16-18-28)22(20-7-5-6-8-20)23(29)26-14-13-19-9-11-21(31-4)12-10-19/h9-12,20,22H,5-8,13-18H2,1-4H3,(H,26,29). The second kappa shape index (κ2) is 10.5. The van der Waals surface area contributed by atoms with Crippen molar-refractivity contribution in [3.05, 3.63) is 29.8 Å². The molecular weight excluding hydrogens is 390 g/mol. The number of nitrogens with zero attached hydrogens (tertiary/aromatic N) is 2. The molecule has 1 aliphatic heterocycles. The number of rotatable bonds is 7. The molecule has 1 aromatic carbocycles. The Morgan fingerprint density at radius 1 is 1.06 bits per heavy atom. The number of benzene rings is 1. The molecule has 31 heavy (non-hydrogen) atoms. The lowest BCUT2D eigenvalue weighted by atomic mass is 9.93. The first kappa shape index (κ1) is 23.6. The van der Waals surface area contributed by atoms with Crippen molar-refractivity contribution in [3.63, 3.8) is 0 Å². The highest BCUT2D eigenvalue weighted by molar-refractivity contribution is 5.83. The molecular formula is C25H39N3O3. The fourth-order valence-corrected chi connectivity index (χ4v) is 4.86. The lowest BCUT2D eigenvalue weighted by Crippen LogP contribution is -2.59. The zero-order chi connectivity index (χ0) is 22.4. The van der Waals surface area contributed by atoms with Crippen LogP contribution in [0.4, 0.5) is 0 Å². The summed E-state index contributed by atoms with van der Waals surface area (Å²) >= 11 is 0. The highest BCUT2D eigenvalue weighted by Crippen LogP contribution is 2.31. The third-order valence-electron chi connectivity index (χ3n) is 6.62. The van der Waals surface area contributed by atoms with Crippen molar-refractivity contribution in [1.29, 1.82) is 0 Å². The summed E-state index contributed by atoms with van der Waals surface area (Å²) in [5, 5.41) is 3.20. The molecule has 2 aliphatic rings. The van der Waals surface area contributed by atoms with Crippen molar-refractivity contribution in [2.75, 3.05) is 39.8 Å². The maximum Gasteiger partial charge on any atom is 0.237 e. The van der Waals surface area contributed by atoms with Gasteiger partial charge in [-0.3, -0.25) is 14.5 Å². The van der Waals surface area contributed by atoms with Crippen LogP contribution in [0.25, 0.3) is 0 Å². The molecule has 6 heteroatoms. The van der Waals surface area contributed by atoms with Gasteiger partial charge in [0.05, 0.1) is 13.2 Å². The molecule has 1 saturated carbocycles. The summed E-state index contributed by atoms with van der Waals surface area (Å²) in [5.74, 6) is 1.62. The molecule has 1 heterocycles. The van der Waals surface area contributed by atoms with E-state index in [1.54, 1.807) is 7.11 Å². The topological polar surface area (TPSA) is 61.9 Å². The van der Waals surface area contributed by atoms with Crippen LogP contribution in [0.1, 0.15) is 52.0 Å². The maximum absolute atomic E-state index is 13.2. The van der Waals surface area contributed by atoms with Gasteiger partial charge in [-0.2, -0.15) is 0 Å². The predicted molar refractivity (Wildman–Crippen MR) is 123 cm³/mol. The van der Waals surface area contributed by atoms with Gasteiger partial charge < -0.3 is 15.0 Å². The number of amides is 2. The minimum absolute atomic E-state index is 0.0785. The van der Waals surface area contributed by atoms with E-state index in [-0.39, 0.29) is 23.3 Å². The van der Waals surface area contributed by atoms with Crippen LogP contribution in [-0.2, 0) is 16.0 Å². The number of ether oxygens (including phenoxy) is 1. The van der Waals surface area contributed by atoms with E-state index in [1.165, 1.54) is 18.4 Å². The molecule has 0 bridgehead atoms. The Balaban J connectivity index is 1.56. The largest absolute Gasteiger partial charge is 0.497 e. The van der Waals surface area contributed by atoms with Gasteiger partial charge in [-0.1, -0.05) is 45.7 Å². The molecule has 0 aromatic heterocycles. The van der Waals surface area contributed by atoms with Crippen molar-refractivity contribution in [2.45, 2.75) is 58.9 Å². The minimum Gasteiger partial charge on any atom is -0.497 e. The van der Waals surface area contributed by atoms with Gasteiger partial charge in [0, 0.05) is 38.1 Å². The van der Waals surface area contributed by atoms with E-state index >= 15 is 0 Å². The lowest BCUT2D eigenvalue weighted by Gasteiger charge is -2.42. The van der Waals surface area contributed by atoms with Gasteiger partial charge in [-0.25, -0.2) is 0 Å². The predicted octanol–water partition coefficient (Wildman–Crippen LogP) is 3.10. The second-order valence-electron chi connectivity index (χ2n) is 9.96. The molecule has 2 fully saturated rings. The van der Waals surface area contributed by atoms with E-state index < -0.39 is 0 Å². The van der Waals surface area contributed by atoms with Gasteiger partial charge in [0.1, 0.15) is 5.75 Å². The van der Waals surface area contributed by atoms with E-state index in [4.69, 9.17) is 4.74 Å². The molecule has 1 N–H and O–H groups in total. The van der Waals surface area contributed by atoms with Crippen LogP contribution in [0.3, 0.4) is 0 Å². The summed E-state index contributed by atoms with van der Waals surface area (Å²) in [6.07, 6.45) is 5.47. The number of nitrogens with one attached hydrogen (secondary N) is 1. The van der Waals surface area contributed by atoms with Crippen molar-refractivity contribution in [2.24, 2.45) is 11.3 Å². The van der Waals surface area contributed by atoms with Crippen LogP contribution in [0, 0.1) is 11.3 Å².